The molecule has 3 rings (SSSR count). The highest BCUT2D eigenvalue weighted by Gasteiger charge is 2.28. The van der Waals surface area contributed by atoms with E-state index in [2.05, 4.69) is 15.3 Å². The van der Waals surface area contributed by atoms with Gasteiger partial charge < -0.3 is 4.74 Å². The second-order valence-corrected chi connectivity index (χ2v) is 6.10. The normalized spacial score (nSPS) is 16.4. The van der Waals surface area contributed by atoms with Gasteiger partial charge in [-0.2, -0.15) is 4.98 Å². The molecule has 1 N–H and O–H groups in total. The van der Waals surface area contributed by atoms with Gasteiger partial charge in [0, 0.05) is 11.0 Å². The van der Waals surface area contributed by atoms with Crippen molar-refractivity contribution in [1.29, 1.82) is 0 Å². The van der Waals surface area contributed by atoms with Gasteiger partial charge in [0.15, 0.2) is 0 Å². The molecule has 1 aromatic heterocycles. The van der Waals surface area contributed by atoms with E-state index in [0.717, 1.165) is 4.90 Å². The molecule has 1 aliphatic heterocycles. The Hall–Kier alpha value is -1.79. The van der Waals surface area contributed by atoms with Crippen LogP contribution in [0.4, 0.5) is 5.95 Å². The quantitative estimate of drug-likeness (QED) is 0.881. The highest BCUT2D eigenvalue weighted by atomic mass is 35.5. The maximum absolute atomic E-state index is 12.3. The summed E-state index contributed by atoms with van der Waals surface area (Å²) in [6.07, 6.45) is 0.699. The van der Waals surface area contributed by atoms with Gasteiger partial charge in [-0.05, 0) is 18.1 Å². The van der Waals surface area contributed by atoms with Crippen LogP contribution >= 0.6 is 23.4 Å². The Balaban J connectivity index is 1.72. The van der Waals surface area contributed by atoms with Gasteiger partial charge in [0.2, 0.25) is 17.7 Å². The minimum atomic E-state index is -0.184. The molecule has 0 radical (unpaired) electrons. The number of nitrogens with zero attached hydrogens (tertiary/aromatic N) is 2. The molecule has 1 amide bonds. The Morgan fingerprint density at radius 1 is 1.43 bits per heavy atom. The lowest BCUT2D eigenvalue weighted by Gasteiger charge is -2.09. The van der Waals surface area contributed by atoms with Crippen LogP contribution in [0.3, 0.4) is 0 Å². The first-order chi connectivity index (χ1) is 10.2. The summed E-state index contributed by atoms with van der Waals surface area (Å²) in [5, 5.41) is 2.73. The SMILES string of the molecule is COc1cc(Cl)nc(NC(=O)C2Cc3ccccc3S2)n1. The molecule has 7 heteroatoms. The molecule has 21 heavy (non-hydrogen) atoms. The second kappa shape index (κ2) is 5.91. The first-order valence-corrected chi connectivity index (χ1v) is 7.55. The molecule has 1 aliphatic rings. The largest absolute Gasteiger partial charge is 0.481 e. The van der Waals surface area contributed by atoms with Crippen molar-refractivity contribution < 1.29 is 9.53 Å². The first-order valence-electron chi connectivity index (χ1n) is 6.29. The number of carbonyl (C=O) groups is 1. The zero-order valence-electron chi connectivity index (χ0n) is 11.2. The Labute approximate surface area is 131 Å². The van der Waals surface area contributed by atoms with E-state index in [4.69, 9.17) is 16.3 Å². The zero-order chi connectivity index (χ0) is 14.8. The standard InChI is InChI=1S/C14H12ClN3O2S/c1-20-12-7-11(15)16-14(17-12)18-13(19)10-6-8-4-2-3-5-9(8)21-10/h2-5,7,10H,6H2,1H3,(H,16,17,18,19). The number of hydrogen-bond donors (Lipinski definition) is 1. The van der Waals surface area contributed by atoms with Gasteiger partial charge >= 0.3 is 0 Å². The Kier molecular flexibility index (Phi) is 3.98. The van der Waals surface area contributed by atoms with E-state index >= 15 is 0 Å². The molecule has 5 nitrogen and oxygen atoms in total. The number of benzene rings is 1. The van der Waals surface area contributed by atoms with Crippen molar-refractivity contribution in [1.82, 2.24) is 9.97 Å². The third kappa shape index (κ3) is 3.11. The van der Waals surface area contributed by atoms with Gasteiger partial charge in [-0.1, -0.05) is 29.8 Å². The van der Waals surface area contributed by atoms with Gasteiger partial charge in [0.25, 0.3) is 0 Å². The van der Waals surface area contributed by atoms with Crippen LogP contribution in [0.1, 0.15) is 5.56 Å². The summed E-state index contributed by atoms with van der Waals surface area (Å²) in [4.78, 5) is 21.5. The van der Waals surface area contributed by atoms with Gasteiger partial charge in [0.1, 0.15) is 5.15 Å². The average molecular weight is 322 g/mol. The molecular formula is C14H12ClN3O2S. The fraction of sp³-hybridized carbons (Fsp3) is 0.214. The molecule has 1 aromatic carbocycles. The minimum Gasteiger partial charge on any atom is -0.481 e. The predicted octanol–water partition coefficient (Wildman–Crippen LogP) is 2.79. The molecule has 0 fully saturated rings. The van der Waals surface area contributed by atoms with Gasteiger partial charge in [-0.15, -0.1) is 11.8 Å². The summed E-state index contributed by atoms with van der Waals surface area (Å²) >= 11 is 7.40. The van der Waals surface area contributed by atoms with Crippen molar-refractivity contribution in [2.75, 3.05) is 12.4 Å². The summed E-state index contributed by atoms with van der Waals surface area (Å²) in [6, 6.07) is 9.49. The number of methoxy groups -OCH3 is 1. The van der Waals surface area contributed by atoms with E-state index in [1.54, 1.807) is 11.8 Å². The Bertz CT molecular complexity index is 671. The van der Waals surface area contributed by atoms with Crippen LogP contribution in [0.25, 0.3) is 0 Å². The lowest BCUT2D eigenvalue weighted by Crippen LogP contribution is -2.25. The zero-order valence-corrected chi connectivity index (χ0v) is 12.7. The minimum absolute atomic E-state index is 0.138. The maximum atomic E-state index is 12.3. The van der Waals surface area contributed by atoms with Crippen molar-refractivity contribution >= 4 is 35.2 Å². The molecule has 108 valence electrons. The predicted molar refractivity (Wildman–Crippen MR) is 82.0 cm³/mol. The van der Waals surface area contributed by atoms with Crippen molar-refractivity contribution in [3.63, 3.8) is 0 Å². The molecular weight excluding hydrogens is 310 g/mol. The molecule has 0 aliphatic carbocycles. The Morgan fingerprint density at radius 2 is 2.24 bits per heavy atom. The van der Waals surface area contributed by atoms with Crippen molar-refractivity contribution in [2.24, 2.45) is 0 Å². The van der Waals surface area contributed by atoms with Gasteiger partial charge in [-0.25, -0.2) is 4.98 Å². The number of anilines is 1. The molecule has 1 unspecified atom stereocenters. The van der Waals surface area contributed by atoms with E-state index < -0.39 is 0 Å². The molecule has 0 saturated heterocycles. The van der Waals surface area contributed by atoms with Crippen LogP contribution < -0.4 is 10.1 Å². The maximum Gasteiger partial charge on any atom is 0.240 e. The third-order valence-corrected chi connectivity index (χ3v) is 4.57. The summed E-state index contributed by atoms with van der Waals surface area (Å²) in [5.74, 6) is 0.328. The smallest absolute Gasteiger partial charge is 0.240 e. The molecule has 2 aromatic rings. The molecule has 0 bridgehead atoms. The van der Waals surface area contributed by atoms with E-state index in [-0.39, 0.29) is 22.3 Å². The van der Waals surface area contributed by atoms with Crippen LogP contribution in [0.15, 0.2) is 35.2 Å². The van der Waals surface area contributed by atoms with Crippen molar-refractivity contribution in [2.45, 2.75) is 16.6 Å². The summed E-state index contributed by atoms with van der Waals surface area (Å²) in [6.45, 7) is 0. The van der Waals surface area contributed by atoms with E-state index in [0.29, 0.717) is 12.3 Å². The van der Waals surface area contributed by atoms with Crippen molar-refractivity contribution in [3.8, 4) is 5.88 Å². The van der Waals surface area contributed by atoms with E-state index in [1.165, 1.54) is 18.7 Å². The van der Waals surface area contributed by atoms with Crippen LogP contribution in [0, 0.1) is 0 Å². The number of nitrogens with one attached hydrogen (secondary N) is 1. The Morgan fingerprint density at radius 3 is 3.00 bits per heavy atom. The number of amides is 1. The second-order valence-electron chi connectivity index (χ2n) is 4.46. The molecule has 0 saturated carbocycles. The fourth-order valence-electron chi connectivity index (χ4n) is 2.08. The van der Waals surface area contributed by atoms with Gasteiger partial charge in [-0.3, -0.25) is 10.1 Å². The third-order valence-electron chi connectivity index (χ3n) is 3.06. The molecule has 1 atom stereocenters. The monoisotopic (exact) mass is 321 g/mol. The molecule has 0 spiro atoms. The van der Waals surface area contributed by atoms with Crippen LogP contribution in [0.2, 0.25) is 5.15 Å². The number of aromatic nitrogens is 2. The number of hydrogen-bond acceptors (Lipinski definition) is 5. The van der Waals surface area contributed by atoms with Crippen molar-refractivity contribution in [3.05, 3.63) is 41.0 Å². The van der Waals surface area contributed by atoms with Crippen LogP contribution in [0.5, 0.6) is 5.88 Å². The fourth-order valence-corrected chi connectivity index (χ4v) is 3.45. The number of ether oxygens (including phenoxy) is 1. The first kappa shape index (κ1) is 14.2. The van der Waals surface area contributed by atoms with Crippen LogP contribution in [-0.2, 0) is 11.2 Å². The lowest BCUT2D eigenvalue weighted by molar-refractivity contribution is -0.115. The summed E-state index contributed by atoms with van der Waals surface area (Å²) in [7, 11) is 1.48. The average Bonchev–Trinajstić information content (AvgIpc) is 2.90. The molecule has 2 heterocycles. The van der Waals surface area contributed by atoms with Gasteiger partial charge in [0.05, 0.1) is 12.4 Å². The summed E-state index contributed by atoms with van der Waals surface area (Å²) < 4.78 is 5.00. The number of thioether (sulfide) groups is 1. The van der Waals surface area contributed by atoms with E-state index in [9.17, 15) is 4.79 Å². The summed E-state index contributed by atoms with van der Waals surface area (Å²) in [5.41, 5.74) is 1.19. The highest BCUT2D eigenvalue weighted by Crippen LogP contribution is 2.37. The topological polar surface area (TPSA) is 64.1 Å². The van der Waals surface area contributed by atoms with Crippen LogP contribution in [-0.4, -0.2) is 28.2 Å². The number of halogens is 1. The lowest BCUT2D eigenvalue weighted by atomic mass is 10.1. The number of carbonyl (C=O) groups excluding carboxylic acids is 1. The number of fused-ring (bicyclic) bond motifs is 1. The number of rotatable bonds is 3. The highest BCUT2D eigenvalue weighted by molar-refractivity contribution is 8.01. The van der Waals surface area contributed by atoms with E-state index in [1.807, 2.05) is 24.3 Å².